The second-order valence-corrected chi connectivity index (χ2v) is 8.02. The van der Waals surface area contributed by atoms with E-state index in [1.54, 1.807) is 0 Å². The lowest BCUT2D eigenvalue weighted by molar-refractivity contribution is -0.126. The average molecular weight is 357 g/mol. The Kier molecular flexibility index (Phi) is 6.93. The summed E-state index contributed by atoms with van der Waals surface area (Å²) in [4.78, 5) is 14.1. The molecule has 5 heteroatoms. The van der Waals surface area contributed by atoms with Crippen LogP contribution in [0.15, 0.2) is 17.5 Å². The molecule has 1 aromatic rings. The summed E-state index contributed by atoms with van der Waals surface area (Å²) in [6, 6.07) is 4.39. The molecule has 2 aliphatic rings. The Hall–Kier alpha value is -0.580. The number of amides is 1. The summed E-state index contributed by atoms with van der Waals surface area (Å²) in [5, 5.41) is 5.46. The van der Waals surface area contributed by atoms with Gasteiger partial charge in [-0.15, -0.1) is 23.7 Å². The van der Waals surface area contributed by atoms with E-state index in [-0.39, 0.29) is 29.6 Å². The van der Waals surface area contributed by atoms with Crippen LogP contribution in [0, 0.1) is 11.8 Å². The van der Waals surface area contributed by atoms with Gasteiger partial charge in [-0.05, 0) is 49.6 Å². The van der Waals surface area contributed by atoms with E-state index in [1.807, 2.05) is 11.3 Å². The summed E-state index contributed by atoms with van der Waals surface area (Å²) in [5.41, 5.74) is 6.01. The summed E-state index contributed by atoms with van der Waals surface area (Å²) in [5.74, 6) is 0.785. The van der Waals surface area contributed by atoms with Gasteiger partial charge in [0.25, 0.3) is 0 Å². The molecular formula is C18H29ClN2OS. The first-order valence-corrected chi connectivity index (χ1v) is 9.65. The van der Waals surface area contributed by atoms with Crippen molar-refractivity contribution in [3.8, 4) is 0 Å². The number of carbonyl (C=O) groups is 1. The van der Waals surface area contributed by atoms with E-state index in [2.05, 4.69) is 22.8 Å². The first kappa shape index (κ1) is 18.8. The van der Waals surface area contributed by atoms with Gasteiger partial charge in [-0.3, -0.25) is 4.79 Å². The molecule has 2 atom stereocenters. The molecule has 2 aliphatic carbocycles. The predicted octanol–water partition coefficient (Wildman–Crippen LogP) is 3.86. The average Bonchev–Trinajstić information content (AvgIpc) is 3.24. The number of halogens is 1. The second-order valence-electron chi connectivity index (χ2n) is 7.07. The number of thiophene rings is 1. The highest BCUT2D eigenvalue weighted by molar-refractivity contribution is 7.10. The minimum absolute atomic E-state index is 0. The van der Waals surface area contributed by atoms with E-state index in [1.165, 1.54) is 37.0 Å². The second kappa shape index (κ2) is 8.50. The van der Waals surface area contributed by atoms with Gasteiger partial charge in [0.15, 0.2) is 0 Å². The van der Waals surface area contributed by atoms with E-state index in [0.29, 0.717) is 12.5 Å². The van der Waals surface area contributed by atoms with Crippen molar-refractivity contribution in [1.82, 2.24) is 5.32 Å². The van der Waals surface area contributed by atoms with Crippen LogP contribution in [0.4, 0.5) is 0 Å². The van der Waals surface area contributed by atoms with Crippen LogP contribution < -0.4 is 11.1 Å². The van der Waals surface area contributed by atoms with E-state index in [4.69, 9.17) is 5.73 Å². The zero-order chi connectivity index (χ0) is 15.4. The van der Waals surface area contributed by atoms with Crippen molar-refractivity contribution in [3.05, 3.63) is 22.4 Å². The Balaban J connectivity index is 0.00000192. The Morgan fingerprint density at radius 2 is 2.04 bits per heavy atom. The van der Waals surface area contributed by atoms with Crippen LogP contribution in [0.3, 0.4) is 0 Å². The normalized spacial score (nSPS) is 26.5. The lowest BCUT2D eigenvalue weighted by Crippen LogP contribution is -2.44. The molecule has 2 fully saturated rings. The molecule has 0 aliphatic heterocycles. The van der Waals surface area contributed by atoms with Gasteiger partial charge in [-0.2, -0.15) is 0 Å². The predicted molar refractivity (Wildman–Crippen MR) is 99.2 cm³/mol. The summed E-state index contributed by atoms with van der Waals surface area (Å²) < 4.78 is 0. The van der Waals surface area contributed by atoms with E-state index < -0.39 is 0 Å². The molecule has 0 saturated heterocycles. The molecule has 130 valence electrons. The van der Waals surface area contributed by atoms with Gasteiger partial charge in [0.2, 0.25) is 5.91 Å². The van der Waals surface area contributed by atoms with Gasteiger partial charge >= 0.3 is 0 Å². The highest BCUT2D eigenvalue weighted by Crippen LogP contribution is 2.41. The number of nitrogens with one attached hydrogen (secondary N) is 1. The maximum atomic E-state index is 12.6. The zero-order valence-corrected chi connectivity index (χ0v) is 15.4. The van der Waals surface area contributed by atoms with Gasteiger partial charge in [-0.1, -0.05) is 31.7 Å². The minimum atomic E-state index is 0. The molecular weight excluding hydrogens is 328 g/mol. The fraction of sp³-hybridized carbons (Fsp3) is 0.722. The van der Waals surface area contributed by atoms with Crippen LogP contribution in [-0.2, 0) is 10.2 Å². The number of carbonyl (C=O) groups excluding carboxylic acids is 1. The highest BCUT2D eigenvalue weighted by Gasteiger charge is 2.37. The molecule has 0 bridgehead atoms. The van der Waals surface area contributed by atoms with Gasteiger partial charge in [0.1, 0.15) is 0 Å². The van der Waals surface area contributed by atoms with Gasteiger partial charge in [-0.25, -0.2) is 0 Å². The fourth-order valence-electron chi connectivity index (χ4n) is 4.37. The standard InChI is InChI=1S/C18H28N2OS.ClH/c19-12-14-6-4-7-15(14)17(21)20-13-18(9-2-1-3-10-18)16-8-5-11-22-16;/h5,8,11,14-15H,1-4,6-7,9-10,12-13,19H2,(H,20,21);1H/t14-,15-;/m1./s1. The molecule has 0 unspecified atom stereocenters. The maximum Gasteiger partial charge on any atom is 0.223 e. The van der Waals surface area contributed by atoms with Crippen LogP contribution in [0.2, 0.25) is 0 Å². The summed E-state index contributed by atoms with van der Waals surface area (Å²) in [7, 11) is 0. The van der Waals surface area contributed by atoms with E-state index in [9.17, 15) is 4.79 Å². The van der Waals surface area contributed by atoms with Crippen LogP contribution in [0.25, 0.3) is 0 Å². The molecule has 0 aromatic carbocycles. The molecule has 3 rings (SSSR count). The van der Waals surface area contributed by atoms with Crippen LogP contribution >= 0.6 is 23.7 Å². The molecule has 3 N–H and O–H groups in total. The Bertz CT molecular complexity index is 485. The lowest BCUT2D eigenvalue weighted by atomic mass is 9.73. The van der Waals surface area contributed by atoms with Gasteiger partial charge in [0.05, 0.1) is 0 Å². The summed E-state index contributed by atoms with van der Waals surface area (Å²) in [6.07, 6.45) is 9.59. The van der Waals surface area contributed by atoms with Crippen LogP contribution in [0.5, 0.6) is 0 Å². The van der Waals surface area contributed by atoms with Gasteiger partial charge in [0, 0.05) is 22.8 Å². The van der Waals surface area contributed by atoms with Crippen LogP contribution in [-0.4, -0.2) is 19.0 Å². The smallest absolute Gasteiger partial charge is 0.223 e. The van der Waals surface area contributed by atoms with Crippen LogP contribution in [0.1, 0.15) is 56.2 Å². The zero-order valence-electron chi connectivity index (χ0n) is 13.8. The monoisotopic (exact) mass is 356 g/mol. The summed E-state index contributed by atoms with van der Waals surface area (Å²) >= 11 is 1.85. The number of hydrogen-bond donors (Lipinski definition) is 2. The maximum absolute atomic E-state index is 12.6. The Morgan fingerprint density at radius 1 is 1.26 bits per heavy atom. The Morgan fingerprint density at radius 3 is 2.70 bits per heavy atom. The van der Waals surface area contributed by atoms with Crippen molar-refractivity contribution in [2.24, 2.45) is 17.6 Å². The molecule has 1 heterocycles. The highest BCUT2D eigenvalue weighted by atomic mass is 35.5. The first-order valence-electron chi connectivity index (χ1n) is 8.77. The third kappa shape index (κ3) is 4.09. The molecule has 23 heavy (non-hydrogen) atoms. The van der Waals surface area contributed by atoms with Crippen molar-refractivity contribution < 1.29 is 4.79 Å². The quantitative estimate of drug-likeness (QED) is 0.841. The SMILES string of the molecule is Cl.NC[C@H]1CCC[C@H]1C(=O)NCC1(c2cccs2)CCCCC1. The third-order valence-electron chi connectivity index (χ3n) is 5.75. The lowest BCUT2D eigenvalue weighted by Gasteiger charge is -2.37. The summed E-state index contributed by atoms with van der Waals surface area (Å²) in [6.45, 7) is 1.45. The molecule has 3 nitrogen and oxygen atoms in total. The largest absolute Gasteiger partial charge is 0.355 e. The Labute approximate surface area is 149 Å². The molecule has 1 aromatic heterocycles. The number of nitrogens with two attached hydrogens (primary N) is 1. The minimum Gasteiger partial charge on any atom is -0.355 e. The topological polar surface area (TPSA) is 55.1 Å². The van der Waals surface area contributed by atoms with Crippen molar-refractivity contribution in [1.29, 1.82) is 0 Å². The third-order valence-corrected chi connectivity index (χ3v) is 6.87. The van der Waals surface area contributed by atoms with Crippen molar-refractivity contribution in [3.63, 3.8) is 0 Å². The van der Waals surface area contributed by atoms with Gasteiger partial charge < -0.3 is 11.1 Å². The molecule has 0 radical (unpaired) electrons. The molecule has 1 amide bonds. The first-order chi connectivity index (χ1) is 10.7. The van der Waals surface area contributed by atoms with E-state index in [0.717, 1.165) is 25.8 Å². The van der Waals surface area contributed by atoms with Crippen molar-refractivity contribution >= 4 is 29.7 Å². The van der Waals surface area contributed by atoms with Crippen molar-refractivity contribution in [2.45, 2.75) is 56.8 Å². The number of rotatable bonds is 5. The number of hydrogen-bond acceptors (Lipinski definition) is 3. The molecule has 2 saturated carbocycles. The van der Waals surface area contributed by atoms with E-state index >= 15 is 0 Å². The fourth-order valence-corrected chi connectivity index (χ4v) is 5.36. The molecule has 0 spiro atoms. The van der Waals surface area contributed by atoms with Crippen molar-refractivity contribution in [2.75, 3.05) is 13.1 Å².